The number of halogens is 2. The minimum absolute atomic E-state index is 0.375. The van der Waals surface area contributed by atoms with E-state index < -0.39 is 0 Å². The molecule has 0 atom stereocenters. The van der Waals surface area contributed by atoms with Gasteiger partial charge < -0.3 is 15.0 Å². The molecule has 3 aromatic rings. The molecule has 9 heteroatoms. The summed E-state index contributed by atoms with van der Waals surface area (Å²) in [4.78, 5) is 18.3. The van der Waals surface area contributed by atoms with Gasteiger partial charge in [0.2, 0.25) is 0 Å². The van der Waals surface area contributed by atoms with Crippen molar-refractivity contribution >= 4 is 62.8 Å². The van der Waals surface area contributed by atoms with Crippen molar-refractivity contribution in [1.82, 2.24) is 9.80 Å². The lowest BCUT2D eigenvalue weighted by Gasteiger charge is -2.36. The van der Waals surface area contributed by atoms with E-state index in [-0.39, 0.29) is 5.97 Å². The number of methoxy groups -OCH3 is 1. The lowest BCUT2D eigenvalue weighted by molar-refractivity contribution is 0.0603. The van der Waals surface area contributed by atoms with Crippen LogP contribution in [0.25, 0.3) is 11.1 Å². The van der Waals surface area contributed by atoms with Crippen molar-refractivity contribution in [2.75, 3.05) is 38.6 Å². The molecule has 1 N–H and O–H groups in total. The summed E-state index contributed by atoms with van der Waals surface area (Å²) in [5.74, 6) is -0.375. The molecule has 1 aliphatic heterocycles. The monoisotopic (exact) mass is 533 g/mol. The van der Waals surface area contributed by atoms with Crippen LogP contribution in [0, 0.1) is 6.92 Å². The van der Waals surface area contributed by atoms with Crippen LogP contribution in [0.2, 0.25) is 10.0 Å². The minimum atomic E-state index is -0.375. The number of aryl methyl sites for hydroxylation is 1. The van der Waals surface area contributed by atoms with Gasteiger partial charge in [-0.3, -0.25) is 4.90 Å². The predicted molar refractivity (Wildman–Crippen MR) is 145 cm³/mol. The van der Waals surface area contributed by atoms with Gasteiger partial charge in [0.15, 0.2) is 5.11 Å². The number of piperazine rings is 1. The zero-order chi connectivity index (χ0) is 24.2. The van der Waals surface area contributed by atoms with Crippen molar-refractivity contribution in [3.05, 3.63) is 74.6 Å². The summed E-state index contributed by atoms with van der Waals surface area (Å²) in [6.45, 7) is 6.12. The fraction of sp³-hybridized carbons (Fsp3) is 0.280. The molecule has 0 bridgehead atoms. The Labute approximate surface area is 219 Å². The maximum Gasteiger partial charge on any atom is 0.341 e. The topological polar surface area (TPSA) is 44.8 Å². The average Bonchev–Trinajstić information content (AvgIpc) is 3.17. The quantitative estimate of drug-likeness (QED) is 0.305. The van der Waals surface area contributed by atoms with Crippen LogP contribution in [0.1, 0.15) is 20.8 Å². The number of carbonyl (C=O) groups is 1. The minimum Gasteiger partial charge on any atom is -0.465 e. The van der Waals surface area contributed by atoms with Crippen LogP contribution in [-0.4, -0.2) is 54.2 Å². The fourth-order valence-electron chi connectivity index (χ4n) is 4.06. The lowest BCUT2D eigenvalue weighted by atomic mass is 10.0. The van der Waals surface area contributed by atoms with Gasteiger partial charge >= 0.3 is 5.97 Å². The van der Waals surface area contributed by atoms with Crippen LogP contribution in [0.5, 0.6) is 0 Å². The molecule has 1 saturated heterocycles. The standard InChI is InChI=1S/C25H25Cl2N3O2S2/c1-16-21(18-6-4-3-5-7-18)22(24(31)32-2)23(34-16)28-25(33)30-12-10-29(11-13-30)15-17-8-9-19(26)20(27)14-17/h3-9,14H,10-13,15H2,1-2H3,(H,28,33). The predicted octanol–water partition coefficient (Wildman–Crippen LogP) is 6.33. The van der Waals surface area contributed by atoms with Gasteiger partial charge in [0.1, 0.15) is 10.6 Å². The van der Waals surface area contributed by atoms with Crippen LogP contribution < -0.4 is 5.32 Å². The van der Waals surface area contributed by atoms with E-state index in [1.54, 1.807) is 0 Å². The van der Waals surface area contributed by atoms with Gasteiger partial charge in [-0.25, -0.2) is 4.79 Å². The summed E-state index contributed by atoms with van der Waals surface area (Å²) in [7, 11) is 1.40. The van der Waals surface area contributed by atoms with E-state index in [4.69, 9.17) is 40.2 Å². The molecular formula is C25H25Cl2N3O2S2. The molecule has 0 amide bonds. The summed E-state index contributed by atoms with van der Waals surface area (Å²) < 4.78 is 5.11. The molecule has 0 spiro atoms. The van der Waals surface area contributed by atoms with Crippen molar-refractivity contribution in [3.63, 3.8) is 0 Å². The van der Waals surface area contributed by atoms with E-state index in [0.717, 1.165) is 54.3 Å². The first-order valence-corrected chi connectivity index (χ1v) is 12.8. The SMILES string of the molecule is COC(=O)c1c(NC(=S)N2CCN(Cc3ccc(Cl)c(Cl)c3)CC2)sc(C)c1-c1ccccc1. The molecule has 0 aliphatic carbocycles. The maximum absolute atomic E-state index is 12.7. The maximum atomic E-state index is 12.7. The molecule has 0 unspecified atom stereocenters. The highest BCUT2D eigenvalue weighted by Crippen LogP contribution is 2.40. The van der Waals surface area contributed by atoms with Crippen LogP contribution >= 0.6 is 46.8 Å². The number of nitrogens with one attached hydrogen (secondary N) is 1. The molecule has 0 radical (unpaired) electrons. The normalized spacial score (nSPS) is 14.2. The van der Waals surface area contributed by atoms with Crippen molar-refractivity contribution in [3.8, 4) is 11.1 Å². The van der Waals surface area contributed by atoms with Gasteiger partial charge in [-0.1, -0.05) is 59.6 Å². The number of benzene rings is 2. The van der Waals surface area contributed by atoms with Gasteiger partial charge in [-0.15, -0.1) is 11.3 Å². The highest BCUT2D eigenvalue weighted by atomic mass is 35.5. The number of thiophene rings is 1. The number of hydrogen-bond acceptors (Lipinski definition) is 5. The summed E-state index contributed by atoms with van der Waals surface area (Å²) in [6, 6.07) is 15.6. The Morgan fingerprint density at radius 3 is 2.44 bits per heavy atom. The Kier molecular flexibility index (Phi) is 8.11. The summed E-state index contributed by atoms with van der Waals surface area (Å²) >= 11 is 19.4. The highest BCUT2D eigenvalue weighted by Gasteiger charge is 2.26. The molecular weight excluding hydrogens is 509 g/mol. The Balaban J connectivity index is 1.44. The van der Waals surface area contributed by atoms with Gasteiger partial charge in [-0.05, 0) is 42.4 Å². The van der Waals surface area contributed by atoms with E-state index >= 15 is 0 Å². The molecule has 2 heterocycles. The first-order valence-electron chi connectivity index (χ1n) is 10.9. The second-order valence-corrected chi connectivity index (χ2v) is 10.5. The van der Waals surface area contributed by atoms with E-state index in [1.165, 1.54) is 18.4 Å². The number of carbonyl (C=O) groups excluding carboxylic acids is 1. The van der Waals surface area contributed by atoms with Crippen molar-refractivity contribution in [2.45, 2.75) is 13.5 Å². The Bertz CT molecular complexity index is 1190. The van der Waals surface area contributed by atoms with Gasteiger partial charge in [-0.2, -0.15) is 0 Å². The zero-order valence-corrected chi connectivity index (χ0v) is 22.1. The number of thiocarbonyl (C=S) groups is 1. The van der Waals surface area contributed by atoms with Crippen molar-refractivity contribution < 1.29 is 9.53 Å². The molecule has 178 valence electrons. The third kappa shape index (κ3) is 5.56. The number of anilines is 1. The molecule has 1 aromatic heterocycles. The summed E-state index contributed by atoms with van der Waals surface area (Å²) in [6.07, 6.45) is 0. The van der Waals surface area contributed by atoms with Crippen LogP contribution in [0.3, 0.4) is 0 Å². The molecule has 5 nitrogen and oxygen atoms in total. The number of ether oxygens (including phenoxy) is 1. The number of esters is 1. The summed E-state index contributed by atoms with van der Waals surface area (Å²) in [5, 5.41) is 5.80. The van der Waals surface area contributed by atoms with E-state index in [2.05, 4.69) is 15.1 Å². The van der Waals surface area contributed by atoms with Crippen molar-refractivity contribution in [1.29, 1.82) is 0 Å². The third-order valence-corrected chi connectivity index (χ3v) is 7.93. The van der Waals surface area contributed by atoms with E-state index in [1.807, 2.05) is 55.5 Å². The van der Waals surface area contributed by atoms with Gasteiger partial charge in [0.25, 0.3) is 0 Å². The number of nitrogens with zero attached hydrogens (tertiary/aromatic N) is 2. The Morgan fingerprint density at radius 2 is 1.79 bits per heavy atom. The van der Waals surface area contributed by atoms with Crippen LogP contribution in [0.15, 0.2) is 48.5 Å². The number of hydrogen-bond donors (Lipinski definition) is 1. The largest absolute Gasteiger partial charge is 0.465 e. The Morgan fingerprint density at radius 1 is 1.09 bits per heavy atom. The smallest absolute Gasteiger partial charge is 0.341 e. The first-order chi connectivity index (χ1) is 16.4. The average molecular weight is 535 g/mol. The molecule has 34 heavy (non-hydrogen) atoms. The zero-order valence-electron chi connectivity index (χ0n) is 18.9. The molecule has 0 saturated carbocycles. The summed E-state index contributed by atoms with van der Waals surface area (Å²) in [5.41, 5.74) is 3.52. The van der Waals surface area contributed by atoms with Crippen LogP contribution in [-0.2, 0) is 11.3 Å². The van der Waals surface area contributed by atoms with E-state index in [9.17, 15) is 4.79 Å². The molecule has 4 rings (SSSR count). The molecule has 1 fully saturated rings. The third-order valence-electron chi connectivity index (χ3n) is 5.81. The molecule has 2 aromatic carbocycles. The second kappa shape index (κ2) is 11.1. The fourth-order valence-corrected chi connectivity index (χ4v) is 5.80. The second-order valence-electron chi connectivity index (χ2n) is 8.04. The molecule has 1 aliphatic rings. The Hall–Kier alpha value is -2.16. The highest BCUT2D eigenvalue weighted by molar-refractivity contribution is 7.80. The van der Waals surface area contributed by atoms with Crippen LogP contribution in [0.4, 0.5) is 5.00 Å². The van der Waals surface area contributed by atoms with Gasteiger partial charge in [0.05, 0.1) is 17.2 Å². The number of rotatable bonds is 5. The first kappa shape index (κ1) is 24.9. The van der Waals surface area contributed by atoms with Crippen molar-refractivity contribution in [2.24, 2.45) is 0 Å². The lowest BCUT2D eigenvalue weighted by Crippen LogP contribution is -2.49. The van der Waals surface area contributed by atoms with Gasteiger partial charge in [0, 0.05) is 43.2 Å². The van der Waals surface area contributed by atoms with E-state index in [0.29, 0.717) is 25.7 Å².